The molecule has 0 aliphatic heterocycles. The number of aliphatic hydroxyl groups is 1. The molecule has 2 nitrogen and oxygen atoms in total. The second-order valence-electron chi connectivity index (χ2n) is 4.75. The fourth-order valence-corrected chi connectivity index (χ4v) is 2.28. The number of rotatable bonds is 4. The minimum atomic E-state index is -0.620. The maximum Gasteiger partial charge on any atom is 0.0870 e. The summed E-state index contributed by atoms with van der Waals surface area (Å²) in [5.74, 6) is -0.109. The Morgan fingerprint density at radius 1 is 1.00 bits per heavy atom. The molecular formula is C16H18ClNO. The minimum absolute atomic E-state index is 0.109. The Hall–Kier alpha value is -1.35. The van der Waals surface area contributed by atoms with Gasteiger partial charge in [-0.1, -0.05) is 53.6 Å². The Labute approximate surface area is 118 Å². The summed E-state index contributed by atoms with van der Waals surface area (Å²) in [5.41, 5.74) is 8.91. The maximum atomic E-state index is 10.5. The largest absolute Gasteiger partial charge is 0.388 e. The van der Waals surface area contributed by atoms with Gasteiger partial charge in [-0.3, -0.25) is 0 Å². The van der Waals surface area contributed by atoms with E-state index in [0.29, 0.717) is 11.6 Å². The molecule has 0 bridgehead atoms. The highest BCUT2D eigenvalue weighted by Gasteiger charge is 2.21. The van der Waals surface area contributed by atoms with Crippen LogP contribution in [0.5, 0.6) is 0 Å². The van der Waals surface area contributed by atoms with E-state index in [4.69, 9.17) is 17.3 Å². The summed E-state index contributed by atoms with van der Waals surface area (Å²) < 4.78 is 0. The second kappa shape index (κ2) is 6.20. The predicted octanol–water partition coefficient (Wildman–Crippen LogP) is 3.42. The van der Waals surface area contributed by atoms with Crippen LogP contribution in [0.2, 0.25) is 5.02 Å². The van der Waals surface area contributed by atoms with Crippen molar-refractivity contribution in [3.05, 3.63) is 70.2 Å². The number of nitrogens with two attached hydrogens (primary N) is 1. The molecule has 0 aromatic heterocycles. The van der Waals surface area contributed by atoms with Crippen LogP contribution < -0.4 is 5.73 Å². The zero-order chi connectivity index (χ0) is 13.8. The van der Waals surface area contributed by atoms with Crippen molar-refractivity contribution in [2.24, 2.45) is 5.73 Å². The lowest BCUT2D eigenvalue weighted by atomic mass is 9.89. The van der Waals surface area contributed by atoms with Crippen LogP contribution in [0.1, 0.15) is 28.7 Å². The highest BCUT2D eigenvalue weighted by molar-refractivity contribution is 6.30. The quantitative estimate of drug-likeness (QED) is 0.898. The van der Waals surface area contributed by atoms with Gasteiger partial charge in [-0.15, -0.1) is 0 Å². The molecule has 0 fully saturated rings. The average Bonchev–Trinajstić information content (AvgIpc) is 2.42. The van der Waals surface area contributed by atoms with Gasteiger partial charge < -0.3 is 10.8 Å². The van der Waals surface area contributed by atoms with E-state index in [2.05, 4.69) is 0 Å². The number of aryl methyl sites for hydroxylation is 1. The van der Waals surface area contributed by atoms with Crippen molar-refractivity contribution >= 4 is 11.6 Å². The van der Waals surface area contributed by atoms with E-state index in [-0.39, 0.29) is 5.92 Å². The van der Waals surface area contributed by atoms with Gasteiger partial charge in [0.25, 0.3) is 0 Å². The summed E-state index contributed by atoms with van der Waals surface area (Å²) >= 11 is 5.86. The van der Waals surface area contributed by atoms with Crippen molar-refractivity contribution < 1.29 is 5.11 Å². The molecule has 0 aliphatic rings. The molecule has 0 heterocycles. The molecule has 0 saturated carbocycles. The molecule has 2 aromatic carbocycles. The molecule has 0 aliphatic carbocycles. The van der Waals surface area contributed by atoms with Crippen LogP contribution in [-0.4, -0.2) is 11.7 Å². The van der Waals surface area contributed by atoms with Crippen LogP contribution in [0.25, 0.3) is 0 Å². The van der Waals surface area contributed by atoms with Gasteiger partial charge in [-0.2, -0.15) is 0 Å². The topological polar surface area (TPSA) is 46.2 Å². The number of aliphatic hydroxyl groups excluding tert-OH is 1. The van der Waals surface area contributed by atoms with Crippen molar-refractivity contribution in [3.63, 3.8) is 0 Å². The maximum absolute atomic E-state index is 10.5. The number of hydrogen-bond acceptors (Lipinski definition) is 2. The van der Waals surface area contributed by atoms with E-state index < -0.39 is 6.10 Å². The zero-order valence-corrected chi connectivity index (χ0v) is 11.6. The minimum Gasteiger partial charge on any atom is -0.388 e. The second-order valence-corrected chi connectivity index (χ2v) is 5.19. The highest BCUT2D eigenvalue weighted by atomic mass is 35.5. The molecule has 0 radical (unpaired) electrons. The summed E-state index contributed by atoms with van der Waals surface area (Å²) in [6.45, 7) is 2.43. The lowest BCUT2D eigenvalue weighted by Crippen LogP contribution is -2.20. The van der Waals surface area contributed by atoms with E-state index in [0.717, 1.165) is 11.1 Å². The normalized spacial score (nSPS) is 14.1. The van der Waals surface area contributed by atoms with Crippen molar-refractivity contribution in [2.45, 2.75) is 18.9 Å². The third kappa shape index (κ3) is 3.35. The predicted molar refractivity (Wildman–Crippen MR) is 79.4 cm³/mol. The monoisotopic (exact) mass is 275 g/mol. The van der Waals surface area contributed by atoms with E-state index in [1.165, 1.54) is 5.56 Å². The van der Waals surface area contributed by atoms with Gasteiger partial charge in [-0.25, -0.2) is 0 Å². The van der Waals surface area contributed by atoms with E-state index in [1.807, 2.05) is 43.3 Å². The first-order chi connectivity index (χ1) is 9.11. The number of hydrogen-bond donors (Lipinski definition) is 2. The third-order valence-electron chi connectivity index (χ3n) is 3.35. The van der Waals surface area contributed by atoms with E-state index in [9.17, 15) is 5.11 Å². The molecule has 2 atom stereocenters. The molecule has 2 unspecified atom stereocenters. The van der Waals surface area contributed by atoms with Gasteiger partial charge in [-0.05, 0) is 30.2 Å². The van der Waals surface area contributed by atoms with Crippen LogP contribution >= 0.6 is 11.6 Å². The van der Waals surface area contributed by atoms with Gasteiger partial charge in [0.1, 0.15) is 0 Å². The van der Waals surface area contributed by atoms with Gasteiger partial charge in [0.05, 0.1) is 6.10 Å². The summed E-state index contributed by atoms with van der Waals surface area (Å²) in [6, 6.07) is 15.3. The fourth-order valence-electron chi connectivity index (χ4n) is 2.15. The Morgan fingerprint density at radius 2 is 1.53 bits per heavy atom. The smallest absolute Gasteiger partial charge is 0.0870 e. The SMILES string of the molecule is Cc1ccc(C(CN)C(O)c2ccc(Cl)cc2)cc1. The van der Waals surface area contributed by atoms with Crippen LogP contribution in [0, 0.1) is 6.92 Å². The first-order valence-electron chi connectivity index (χ1n) is 6.32. The summed E-state index contributed by atoms with van der Waals surface area (Å²) in [7, 11) is 0. The molecule has 2 rings (SSSR count). The van der Waals surface area contributed by atoms with E-state index in [1.54, 1.807) is 12.1 Å². The van der Waals surface area contributed by atoms with Crippen molar-refractivity contribution in [2.75, 3.05) is 6.54 Å². The Bertz CT molecular complexity index is 521. The van der Waals surface area contributed by atoms with E-state index >= 15 is 0 Å². The first kappa shape index (κ1) is 14.1. The van der Waals surface area contributed by atoms with Crippen molar-refractivity contribution in [1.29, 1.82) is 0 Å². The van der Waals surface area contributed by atoms with Crippen molar-refractivity contribution in [3.8, 4) is 0 Å². The lowest BCUT2D eigenvalue weighted by Gasteiger charge is -2.22. The molecule has 0 saturated heterocycles. The highest BCUT2D eigenvalue weighted by Crippen LogP contribution is 2.30. The third-order valence-corrected chi connectivity index (χ3v) is 3.60. The average molecular weight is 276 g/mol. The number of halogens is 1. The summed E-state index contributed by atoms with van der Waals surface area (Å²) in [6.07, 6.45) is -0.620. The zero-order valence-electron chi connectivity index (χ0n) is 10.9. The van der Waals surface area contributed by atoms with Gasteiger partial charge in [0.15, 0.2) is 0 Å². The van der Waals surface area contributed by atoms with Crippen LogP contribution in [0.3, 0.4) is 0 Å². The molecule has 19 heavy (non-hydrogen) atoms. The lowest BCUT2D eigenvalue weighted by molar-refractivity contribution is 0.147. The molecule has 3 heteroatoms. The summed E-state index contributed by atoms with van der Waals surface area (Å²) in [5, 5.41) is 11.1. The molecule has 0 amide bonds. The van der Waals surface area contributed by atoms with Gasteiger partial charge in [0, 0.05) is 17.5 Å². The Balaban J connectivity index is 2.26. The van der Waals surface area contributed by atoms with Crippen molar-refractivity contribution in [1.82, 2.24) is 0 Å². The van der Waals surface area contributed by atoms with Gasteiger partial charge in [0.2, 0.25) is 0 Å². The molecular weight excluding hydrogens is 258 g/mol. The summed E-state index contributed by atoms with van der Waals surface area (Å²) in [4.78, 5) is 0. The Morgan fingerprint density at radius 3 is 2.05 bits per heavy atom. The molecule has 3 N–H and O–H groups in total. The first-order valence-corrected chi connectivity index (χ1v) is 6.70. The van der Waals surface area contributed by atoms with Crippen LogP contribution in [-0.2, 0) is 0 Å². The van der Waals surface area contributed by atoms with Crippen LogP contribution in [0.15, 0.2) is 48.5 Å². The number of benzene rings is 2. The van der Waals surface area contributed by atoms with Crippen LogP contribution in [0.4, 0.5) is 0 Å². The molecule has 2 aromatic rings. The molecule has 0 spiro atoms. The van der Waals surface area contributed by atoms with Gasteiger partial charge >= 0.3 is 0 Å². The standard InChI is InChI=1S/C16H18ClNO/c1-11-2-4-12(5-3-11)15(10-18)16(19)13-6-8-14(17)9-7-13/h2-9,15-16,19H,10,18H2,1H3. The fraction of sp³-hybridized carbons (Fsp3) is 0.250. The Kier molecular flexibility index (Phi) is 4.59. The molecule has 100 valence electrons.